The van der Waals surface area contributed by atoms with Crippen molar-refractivity contribution >= 4 is 0 Å². The molecule has 0 fully saturated rings. The minimum Gasteiger partial charge on any atom is -0.395 e. The lowest BCUT2D eigenvalue weighted by Gasteiger charge is -2.04. The number of aryl methyl sites for hydroxylation is 1. The van der Waals surface area contributed by atoms with Crippen molar-refractivity contribution < 1.29 is 5.11 Å². The van der Waals surface area contributed by atoms with Crippen molar-refractivity contribution in [2.75, 3.05) is 6.61 Å². The van der Waals surface area contributed by atoms with Crippen molar-refractivity contribution in [3.8, 4) is 17.5 Å². The molecule has 0 saturated heterocycles. The average molecular weight is 243 g/mol. The lowest BCUT2D eigenvalue weighted by atomic mass is 10.1. The molecule has 0 saturated carbocycles. The number of benzene rings is 1. The number of hydrogen-bond acceptors (Lipinski definition) is 3. The molecule has 0 aliphatic heterocycles. The lowest BCUT2D eigenvalue weighted by molar-refractivity contribution is 0.305. The lowest BCUT2D eigenvalue weighted by Crippen LogP contribution is -2.15. The van der Waals surface area contributed by atoms with Crippen molar-refractivity contribution in [2.45, 2.75) is 13.3 Å². The van der Waals surface area contributed by atoms with Gasteiger partial charge in [-0.05, 0) is 24.6 Å². The molecule has 0 bridgehead atoms. The van der Waals surface area contributed by atoms with Gasteiger partial charge in [-0.15, -0.1) is 0 Å². The van der Waals surface area contributed by atoms with Crippen molar-refractivity contribution in [2.24, 2.45) is 0 Å². The Morgan fingerprint density at radius 3 is 3.00 bits per heavy atom. The number of aromatic amines is 1. The summed E-state index contributed by atoms with van der Waals surface area (Å²) in [4.78, 5) is 11.5. The van der Waals surface area contributed by atoms with Gasteiger partial charge in [0.2, 0.25) is 0 Å². The van der Waals surface area contributed by atoms with Crippen LogP contribution in [0.15, 0.2) is 29.3 Å². The van der Waals surface area contributed by atoms with Crippen LogP contribution in [0.1, 0.15) is 17.5 Å². The molecule has 0 unspecified atom stereocenters. The van der Waals surface area contributed by atoms with Crippen LogP contribution < -0.4 is 5.69 Å². The maximum absolute atomic E-state index is 11.5. The minimum atomic E-state index is -0.302. The van der Waals surface area contributed by atoms with E-state index in [9.17, 15) is 4.79 Å². The zero-order chi connectivity index (χ0) is 13.0. The summed E-state index contributed by atoms with van der Waals surface area (Å²) in [6, 6.07) is 5.64. The van der Waals surface area contributed by atoms with Crippen molar-refractivity contribution in [1.82, 2.24) is 14.8 Å². The molecule has 1 aromatic carbocycles. The summed E-state index contributed by atoms with van der Waals surface area (Å²) in [6.45, 7) is 1.99. The number of nitrogens with zero attached hydrogens (tertiary/aromatic N) is 2. The van der Waals surface area contributed by atoms with E-state index in [-0.39, 0.29) is 12.3 Å². The van der Waals surface area contributed by atoms with Gasteiger partial charge in [-0.2, -0.15) is 5.10 Å². The summed E-state index contributed by atoms with van der Waals surface area (Å²) in [5.41, 5.74) is 2.18. The molecule has 5 nitrogen and oxygen atoms in total. The van der Waals surface area contributed by atoms with Crippen LogP contribution in [0.2, 0.25) is 0 Å². The van der Waals surface area contributed by atoms with Gasteiger partial charge in [-0.1, -0.05) is 17.9 Å². The second-order valence-corrected chi connectivity index (χ2v) is 3.83. The zero-order valence-electron chi connectivity index (χ0n) is 9.97. The summed E-state index contributed by atoms with van der Waals surface area (Å²) in [5.74, 6) is 5.81. The number of rotatable bonds is 2. The number of H-pyrrole nitrogens is 1. The van der Waals surface area contributed by atoms with Crippen molar-refractivity contribution in [3.05, 3.63) is 46.1 Å². The van der Waals surface area contributed by atoms with Gasteiger partial charge in [-0.25, -0.2) is 14.5 Å². The third-order valence-corrected chi connectivity index (χ3v) is 2.42. The molecule has 2 N–H and O–H groups in total. The van der Waals surface area contributed by atoms with Crippen LogP contribution in [0.25, 0.3) is 5.69 Å². The quantitative estimate of drug-likeness (QED) is 0.759. The zero-order valence-corrected chi connectivity index (χ0v) is 9.97. The first-order chi connectivity index (χ1) is 8.72. The average Bonchev–Trinajstić information content (AvgIpc) is 2.76. The summed E-state index contributed by atoms with van der Waals surface area (Å²) < 4.78 is 1.41. The molecule has 0 spiro atoms. The van der Waals surface area contributed by atoms with Gasteiger partial charge in [0, 0.05) is 12.0 Å². The predicted molar refractivity (Wildman–Crippen MR) is 67.5 cm³/mol. The van der Waals surface area contributed by atoms with Gasteiger partial charge < -0.3 is 5.11 Å². The highest BCUT2D eigenvalue weighted by molar-refractivity contribution is 5.52. The molecule has 18 heavy (non-hydrogen) atoms. The molecule has 0 aliphatic rings. The third kappa shape index (κ3) is 2.50. The Morgan fingerprint density at radius 2 is 2.33 bits per heavy atom. The molecule has 2 rings (SSSR count). The molecule has 92 valence electrons. The van der Waals surface area contributed by atoms with Gasteiger partial charge >= 0.3 is 5.69 Å². The largest absolute Gasteiger partial charge is 0.395 e. The summed E-state index contributed by atoms with van der Waals surface area (Å²) in [7, 11) is 0. The summed E-state index contributed by atoms with van der Waals surface area (Å²) in [5, 5.41) is 14.8. The monoisotopic (exact) mass is 243 g/mol. The van der Waals surface area contributed by atoms with Crippen LogP contribution in [-0.2, 0) is 0 Å². The molecule has 0 aliphatic carbocycles. The Labute approximate surface area is 104 Å². The maximum atomic E-state index is 11.5. The number of aliphatic hydroxyl groups is 1. The highest BCUT2D eigenvalue weighted by atomic mass is 16.2. The van der Waals surface area contributed by atoms with Crippen molar-refractivity contribution in [1.29, 1.82) is 0 Å². The van der Waals surface area contributed by atoms with E-state index < -0.39 is 0 Å². The van der Waals surface area contributed by atoms with Crippen LogP contribution in [0, 0.1) is 18.8 Å². The topological polar surface area (TPSA) is 70.9 Å². The van der Waals surface area contributed by atoms with Crippen LogP contribution in [-0.4, -0.2) is 26.5 Å². The first-order valence-corrected chi connectivity index (χ1v) is 5.55. The highest BCUT2D eigenvalue weighted by Crippen LogP contribution is 2.13. The number of aliphatic hydroxyl groups excluding tert-OH is 1. The van der Waals surface area contributed by atoms with Gasteiger partial charge in [0.25, 0.3) is 0 Å². The number of aromatic nitrogens is 3. The van der Waals surface area contributed by atoms with Crippen molar-refractivity contribution in [3.63, 3.8) is 0 Å². The van der Waals surface area contributed by atoms with Crippen LogP contribution in [0.3, 0.4) is 0 Å². The van der Waals surface area contributed by atoms with E-state index in [1.54, 1.807) is 0 Å². The third-order valence-electron chi connectivity index (χ3n) is 2.42. The van der Waals surface area contributed by atoms with E-state index >= 15 is 0 Å². The van der Waals surface area contributed by atoms with Gasteiger partial charge in [0.1, 0.15) is 6.33 Å². The molecule has 1 aromatic heterocycles. The van der Waals surface area contributed by atoms with E-state index in [4.69, 9.17) is 5.11 Å². The molecular weight excluding hydrogens is 230 g/mol. The summed E-state index contributed by atoms with van der Waals surface area (Å²) in [6.07, 6.45) is 1.83. The molecule has 0 amide bonds. The maximum Gasteiger partial charge on any atom is 0.347 e. The van der Waals surface area contributed by atoms with Gasteiger partial charge in [0.05, 0.1) is 12.3 Å². The highest BCUT2D eigenvalue weighted by Gasteiger charge is 2.05. The fourth-order valence-corrected chi connectivity index (χ4v) is 1.59. The smallest absolute Gasteiger partial charge is 0.347 e. The van der Waals surface area contributed by atoms with E-state index in [0.29, 0.717) is 12.1 Å². The Bertz CT molecular complexity index is 659. The summed E-state index contributed by atoms with van der Waals surface area (Å²) >= 11 is 0. The SMILES string of the molecule is Cc1ccc(-n2cn[nH]c2=O)c(C#CCCO)c1. The molecule has 2 aromatic rings. The van der Waals surface area contributed by atoms with Gasteiger partial charge in [0.15, 0.2) is 0 Å². The van der Waals surface area contributed by atoms with Gasteiger partial charge in [-0.3, -0.25) is 0 Å². The Balaban J connectivity index is 2.52. The normalized spacial score (nSPS) is 9.89. The Hall–Kier alpha value is -2.32. The van der Waals surface area contributed by atoms with E-state index in [0.717, 1.165) is 11.1 Å². The molecule has 0 atom stereocenters. The standard InChI is InChI=1S/C13H13N3O2/c1-10-5-6-12(16-9-14-15-13(16)18)11(8-10)4-2-3-7-17/h5-6,8-9,17H,3,7H2,1H3,(H,15,18). The fraction of sp³-hybridized carbons (Fsp3) is 0.231. The Morgan fingerprint density at radius 1 is 1.50 bits per heavy atom. The van der Waals surface area contributed by atoms with E-state index in [1.165, 1.54) is 10.9 Å². The second kappa shape index (κ2) is 5.34. The van der Waals surface area contributed by atoms with Crippen LogP contribution in [0.5, 0.6) is 0 Å². The molecule has 0 radical (unpaired) electrons. The molecule has 5 heteroatoms. The molecule has 1 heterocycles. The van der Waals surface area contributed by atoms with E-state index in [2.05, 4.69) is 22.0 Å². The predicted octanol–water partition coefficient (Wildman–Crippen LogP) is 0.603. The van der Waals surface area contributed by atoms with Crippen LogP contribution in [0.4, 0.5) is 0 Å². The first kappa shape index (κ1) is 12.1. The number of hydrogen-bond donors (Lipinski definition) is 2. The van der Waals surface area contributed by atoms with Crippen LogP contribution >= 0.6 is 0 Å². The molecular formula is C13H13N3O2. The fourth-order valence-electron chi connectivity index (χ4n) is 1.59. The second-order valence-electron chi connectivity index (χ2n) is 3.83. The Kier molecular flexibility index (Phi) is 3.60. The van der Waals surface area contributed by atoms with E-state index in [1.807, 2.05) is 25.1 Å². The minimum absolute atomic E-state index is 0.0276. The first-order valence-electron chi connectivity index (χ1n) is 5.55. The number of nitrogens with one attached hydrogen (secondary N) is 1.